The summed E-state index contributed by atoms with van der Waals surface area (Å²) in [7, 11) is 0. The van der Waals surface area contributed by atoms with Gasteiger partial charge in [0.1, 0.15) is 5.25 Å². The molecule has 0 bridgehead atoms. The van der Waals surface area contributed by atoms with Gasteiger partial charge in [0.05, 0.1) is 0 Å². The van der Waals surface area contributed by atoms with Gasteiger partial charge in [0.2, 0.25) is 0 Å². The first-order valence-corrected chi connectivity index (χ1v) is 7.82. The second kappa shape index (κ2) is 5.83. The Bertz CT molecular complexity index is 406. The molecule has 0 saturated carbocycles. The lowest BCUT2D eigenvalue weighted by Crippen LogP contribution is -2.17. The van der Waals surface area contributed by atoms with Crippen molar-refractivity contribution in [2.24, 2.45) is 0 Å². The van der Waals surface area contributed by atoms with Gasteiger partial charge in [-0.25, -0.2) is 0 Å². The van der Waals surface area contributed by atoms with Crippen molar-refractivity contribution in [1.82, 2.24) is 0 Å². The maximum atomic E-state index is 11.0. The largest absolute Gasteiger partial charge is 0.480 e. The van der Waals surface area contributed by atoms with Crippen molar-refractivity contribution in [3.8, 4) is 0 Å². The van der Waals surface area contributed by atoms with E-state index in [9.17, 15) is 4.79 Å². The van der Waals surface area contributed by atoms with Gasteiger partial charge in [-0.3, -0.25) is 4.79 Å². The smallest absolute Gasteiger partial charge is 0.316 e. The van der Waals surface area contributed by atoms with Crippen molar-refractivity contribution in [3.05, 3.63) is 29.8 Å². The fraction of sp³-hybridized carbons (Fsp3) is 0.462. The number of hydrogen-bond acceptors (Lipinski definition) is 3. The molecule has 1 heterocycles. The van der Waals surface area contributed by atoms with Crippen molar-refractivity contribution < 1.29 is 9.90 Å². The molecule has 2 nitrogen and oxygen atoms in total. The van der Waals surface area contributed by atoms with Crippen LogP contribution in [0.4, 0.5) is 0 Å². The molecule has 92 valence electrons. The average Bonchev–Trinajstić information content (AvgIpc) is 2.73. The predicted molar refractivity (Wildman–Crippen MR) is 74.1 cm³/mol. The molecular formula is C13H16O2S2. The zero-order valence-electron chi connectivity index (χ0n) is 9.76. The van der Waals surface area contributed by atoms with Crippen LogP contribution in [0.25, 0.3) is 0 Å². The zero-order valence-corrected chi connectivity index (χ0v) is 11.4. The third-order valence-electron chi connectivity index (χ3n) is 2.94. The van der Waals surface area contributed by atoms with Gasteiger partial charge in [-0.1, -0.05) is 25.1 Å². The third-order valence-corrected chi connectivity index (χ3v) is 5.73. The van der Waals surface area contributed by atoms with Crippen LogP contribution in [0.2, 0.25) is 0 Å². The summed E-state index contributed by atoms with van der Waals surface area (Å²) in [6.07, 6.45) is 0.696. The molecule has 17 heavy (non-hydrogen) atoms. The summed E-state index contributed by atoms with van der Waals surface area (Å²) in [5.41, 5.74) is 1.39. The van der Waals surface area contributed by atoms with Gasteiger partial charge in [0, 0.05) is 22.3 Å². The van der Waals surface area contributed by atoms with Crippen molar-refractivity contribution in [2.75, 3.05) is 11.5 Å². The van der Waals surface area contributed by atoms with Crippen molar-refractivity contribution in [1.29, 1.82) is 0 Å². The quantitative estimate of drug-likeness (QED) is 0.887. The molecule has 0 aliphatic carbocycles. The second-order valence-corrected chi connectivity index (χ2v) is 6.41. The van der Waals surface area contributed by atoms with E-state index in [1.165, 1.54) is 10.5 Å². The van der Waals surface area contributed by atoms with E-state index >= 15 is 0 Å². The van der Waals surface area contributed by atoms with Crippen LogP contribution in [-0.2, 0) is 4.79 Å². The Morgan fingerprint density at radius 3 is 3.06 bits per heavy atom. The van der Waals surface area contributed by atoms with E-state index in [2.05, 4.69) is 24.3 Å². The Kier molecular flexibility index (Phi) is 4.40. The van der Waals surface area contributed by atoms with Crippen LogP contribution < -0.4 is 0 Å². The van der Waals surface area contributed by atoms with Gasteiger partial charge in [0.15, 0.2) is 0 Å². The molecule has 1 aromatic carbocycles. The lowest BCUT2D eigenvalue weighted by Gasteiger charge is -2.14. The van der Waals surface area contributed by atoms with Crippen LogP contribution in [0.3, 0.4) is 0 Å². The number of aliphatic carboxylic acids is 1. The molecule has 2 unspecified atom stereocenters. The van der Waals surface area contributed by atoms with Crippen molar-refractivity contribution >= 4 is 29.5 Å². The van der Waals surface area contributed by atoms with Gasteiger partial charge in [-0.05, 0) is 18.1 Å². The monoisotopic (exact) mass is 268 g/mol. The van der Waals surface area contributed by atoms with Gasteiger partial charge >= 0.3 is 5.97 Å². The average molecular weight is 268 g/mol. The first-order chi connectivity index (χ1) is 8.22. The number of carboxylic acids is 1. The van der Waals surface area contributed by atoms with Crippen LogP contribution in [0, 0.1) is 0 Å². The van der Waals surface area contributed by atoms with E-state index in [4.69, 9.17) is 5.11 Å². The molecule has 2 atom stereocenters. The number of thioether (sulfide) groups is 2. The van der Waals surface area contributed by atoms with Gasteiger partial charge in [-0.2, -0.15) is 0 Å². The van der Waals surface area contributed by atoms with E-state index in [0.29, 0.717) is 12.3 Å². The maximum Gasteiger partial charge on any atom is 0.316 e. The summed E-state index contributed by atoms with van der Waals surface area (Å²) in [5, 5.41) is 8.76. The molecule has 0 fully saturated rings. The number of fused-ring (bicyclic) bond motifs is 1. The van der Waals surface area contributed by atoms with Crippen molar-refractivity contribution in [3.63, 3.8) is 0 Å². The first kappa shape index (κ1) is 12.8. The Balaban J connectivity index is 1.96. The molecular weight excluding hydrogens is 252 g/mol. The summed E-state index contributed by atoms with van der Waals surface area (Å²) in [4.78, 5) is 12.3. The number of carboxylic acid groups (broad SMARTS) is 1. The molecule has 0 spiro atoms. The molecule has 1 aliphatic heterocycles. The van der Waals surface area contributed by atoms with E-state index in [-0.39, 0.29) is 5.25 Å². The van der Waals surface area contributed by atoms with Gasteiger partial charge < -0.3 is 5.11 Å². The summed E-state index contributed by atoms with van der Waals surface area (Å²) in [6.45, 7) is 1.93. The van der Waals surface area contributed by atoms with Crippen LogP contribution in [0.15, 0.2) is 29.2 Å². The number of benzene rings is 1. The molecule has 0 saturated heterocycles. The van der Waals surface area contributed by atoms with E-state index in [1.54, 1.807) is 11.8 Å². The normalized spacial score (nSPS) is 19.9. The van der Waals surface area contributed by atoms with Crippen molar-refractivity contribution in [2.45, 2.75) is 29.4 Å². The Morgan fingerprint density at radius 1 is 1.59 bits per heavy atom. The fourth-order valence-electron chi connectivity index (χ4n) is 1.96. The molecule has 0 radical (unpaired) electrons. The van der Waals surface area contributed by atoms with Crippen LogP contribution in [0.5, 0.6) is 0 Å². The summed E-state index contributed by atoms with van der Waals surface area (Å²) in [6, 6.07) is 8.45. The lowest BCUT2D eigenvalue weighted by molar-refractivity contribution is -0.136. The minimum atomic E-state index is -0.684. The molecule has 1 N–H and O–H groups in total. The highest BCUT2D eigenvalue weighted by atomic mass is 32.2. The van der Waals surface area contributed by atoms with Gasteiger partial charge in [0.25, 0.3) is 0 Å². The summed E-state index contributed by atoms with van der Waals surface area (Å²) in [5.74, 6) is 1.82. The summed E-state index contributed by atoms with van der Waals surface area (Å²) >= 11 is 3.46. The minimum absolute atomic E-state index is 0.257. The van der Waals surface area contributed by atoms with Crippen LogP contribution in [0.1, 0.15) is 24.8 Å². The third kappa shape index (κ3) is 2.99. The molecule has 1 aliphatic rings. The maximum absolute atomic E-state index is 11.0. The fourth-order valence-corrected chi connectivity index (χ4v) is 4.51. The Labute approximate surface area is 110 Å². The Morgan fingerprint density at radius 2 is 2.35 bits per heavy atom. The molecule has 0 amide bonds. The number of rotatable bonds is 5. The van der Waals surface area contributed by atoms with Gasteiger partial charge in [-0.15, -0.1) is 23.5 Å². The lowest BCUT2D eigenvalue weighted by atomic mass is 10.0. The standard InChI is InChI=1S/C13H16O2S2/c1-2-11(13(14)15)16-7-9-8-17-12-6-4-3-5-10(9)12/h3-6,9,11H,2,7-8H2,1H3,(H,14,15). The highest BCUT2D eigenvalue weighted by molar-refractivity contribution is 8.01. The summed E-state index contributed by atoms with van der Waals surface area (Å²) < 4.78 is 0. The van der Waals surface area contributed by atoms with E-state index in [1.807, 2.05) is 18.7 Å². The highest BCUT2D eigenvalue weighted by Gasteiger charge is 2.25. The Hall–Kier alpha value is -0.610. The van der Waals surface area contributed by atoms with Crippen LogP contribution in [-0.4, -0.2) is 27.8 Å². The predicted octanol–water partition coefficient (Wildman–Crippen LogP) is 3.47. The molecule has 0 aromatic heterocycles. The van der Waals surface area contributed by atoms with E-state index < -0.39 is 5.97 Å². The second-order valence-electron chi connectivity index (χ2n) is 4.11. The number of carbonyl (C=O) groups is 1. The minimum Gasteiger partial charge on any atom is -0.480 e. The first-order valence-electron chi connectivity index (χ1n) is 5.78. The zero-order chi connectivity index (χ0) is 12.3. The molecule has 4 heteroatoms. The van der Waals surface area contributed by atoms with Crippen LogP contribution >= 0.6 is 23.5 Å². The van der Waals surface area contributed by atoms with E-state index in [0.717, 1.165) is 11.5 Å². The highest BCUT2D eigenvalue weighted by Crippen LogP contribution is 2.41. The number of hydrogen-bond donors (Lipinski definition) is 1. The molecule has 1 aromatic rings. The molecule has 2 rings (SSSR count). The topological polar surface area (TPSA) is 37.3 Å². The SMILES string of the molecule is CCC(SCC1CSc2ccccc21)C(=O)O.